The van der Waals surface area contributed by atoms with Crippen molar-refractivity contribution in [1.82, 2.24) is 4.98 Å². The maximum absolute atomic E-state index is 5.65. The van der Waals surface area contributed by atoms with E-state index in [1.165, 1.54) is 0 Å². The van der Waals surface area contributed by atoms with E-state index in [1.54, 1.807) is 0 Å². The van der Waals surface area contributed by atoms with Gasteiger partial charge in [0.2, 0.25) is 0 Å². The number of nitrogens with one attached hydrogen (secondary N) is 2. The first-order chi connectivity index (χ1) is 7.78. The fraction of sp³-hybridized carbons (Fsp3) is 0.167. The molecule has 0 bridgehead atoms. The van der Waals surface area contributed by atoms with Gasteiger partial charge in [-0.25, -0.2) is 0 Å². The molecule has 0 spiro atoms. The molecule has 4 heteroatoms. The van der Waals surface area contributed by atoms with Crippen molar-refractivity contribution in [1.29, 1.82) is 0 Å². The van der Waals surface area contributed by atoms with Crippen LogP contribution in [0.15, 0.2) is 28.7 Å². The lowest BCUT2D eigenvalue weighted by atomic mass is 10.2. The number of aromatic nitrogens is 1. The number of fused-ring (bicyclic) bond motifs is 3. The minimum Gasteiger partial charge on any atom is -0.441 e. The summed E-state index contributed by atoms with van der Waals surface area (Å²) in [6.07, 6.45) is 0. The number of hydrogen-bond donors (Lipinski definition) is 3. The van der Waals surface area contributed by atoms with E-state index in [0.29, 0.717) is 5.88 Å². The molecule has 0 aliphatic heterocycles. The van der Waals surface area contributed by atoms with E-state index in [4.69, 9.17) is 10.2 Å². The Morgan fingerprint density at radius 2 is 2.19 bits per heavy atom. The highest BCUT2D eigenvalue weighted by Gasteiger charge is 2.07. The van der Waals surface area contributed by atoms with Crippen LogP contribution in [0.1, 0.15) is 6.92 Å². The maximum atomic E-state index is 5.65. The van der Waals surface area contributed by atoms with Gasteiger partial charge in [0.05, 0.1) is 0 Å². The topological polar surface area (TPSA) is 67.0 Å². The molecule has 16 heavy (non-hydrogen) atoms. The van der Waals surface area contributed by atoms with Gasteiger partial charge in [0, 0.05) is 28.9 Å². The molecule has 2 heterocycles. The highest BCUT2D eigenvalue weighted by Crippen LogP contribution is 2.30. The Morgan fingerprint density at radius 3 is 3.00 bits per heavy atom. The standard InChI is InChI=1S/C12H13N3O/c1-2-14-12-6-7-8-5-11(13)16-10(8)4-3-9(7)15-12/h3-6,14-15H,2,13H2,1H3. The van der Waals surface area contributed by atoms with Gasteiger partial charge in [0.1, 0.15) is 11.4 Å². The number of H-pyrrole nitrogens is 1. The van der Waals surface area contributed by atoms with Crippen molar-refractivity contribution in [3.63, 3.8) is 0 Å². The van der Waals surface area contributed by atoms with Crippen molar-refractivity contribution in [2.45, 2.75) is 6.92 Å². The van der Waals surface area contributed by atoms with E-state index in [2.05, 4.69) is 23.3 Å². The van der Waals surface area contributed by atoms with Crippen molar-refractivity contribution in [2.24, 2.45) is 0 Å². The fourth-order valence-corrected chi connectivity index (χ4v) is 2.03. The summed E-state index contributed by atoms with van der Waals surface area (Å²) in [4.78, 5) is 3.30. The monoisotopic (exact) mass is 215 g/mol. The smallest absolute Gasteiger partial charge is 0.191 e. The molecule has 4 N–H and O–H groups in total. The van der Waals surface area contributed by atoms with Crippen LogP contribution in [0.25, 0.3) is 21.9 Å². The third-order valence-corrected chi connectivity index (χ3v) is 2.69. The highest BCUT2D eigenvalue weighted by molar-refractivity contribution is 6.07. The highest BCUT2D eigenvalue weighted by atomic mass is 16.3. The van der Waals surface area contributed by atoms with Gasteiger partial charge in [-0.1, -0.05) is 0 Å². The molecule has 0 atom stereocenters. The molecule has 0 aliphatic carbocycles. The second-order valence-corrected chi connectivity index (χ2v) is 3.80. The van der Waals surface area contributed by atoms with Gasteiger partial charge in [0.25, 0.3) is 0 Å². The third kappa shape index (κ3) is 1.23. The predicted molar refractivity (Wildman–Crippen MR) is 66.6 cm³/mol. The van der Waals surface area contributed by atoms with Crippen LogP contribution in [0.4, 0.5) is 11.7 Å². The summed E-state index contributed by atoms with van der Waals surface area (Å²) in [6.45, 7) is 2.96. The minimum atomic E-state index is 0.453. The second kappa shape index (κ2) is 3.20. The van der Waals surface area contributed by atoms with E-state index in [0.717, 1.165) is 34.2 Å². The lowest BCUT2D eigenvalue weighted by Gasteiger charge is -1.95. The largest absolute Gasteiger partial charge is 0.441 e. The Kier molecular flexibility index (Phi) is 1.83. The summed E-state index contributed by atoms with van der Waals surface area (Å²) >= 11 is 0. The number of anilines is 2. The molecule has 2 aromatic heterocycles. The summed E-state index contributed by atoms with van der Waals surface area (Å²) in [6, 6.07) is 7.87. The quantitative estimate of drug-likeness (QED) is 0.615. The van der Waals surface area contributed by atoms with Crippen LogP contribution < -0.4 is 11.1 Å². The van der Waals surface area contributed by atoms with Gasteiger partial charge < -0.3 is 20.5 Å². The van der Waals surface area contributed by atoms with E-state index >= 15 is 0 Å². The summed E-state index contributed by atoms with van der Waals surface area (Å²) in [7, 11) is 0. The van der Waals surface area contributed by atoms with Gasteiger partial charge in [-0.05, 0) is 25.1 Å². The Morgan fingerprint density at radius 1 is 1.31 bits per heavy atom. The zero-order valence-corrected chi connectivity index (χ0v) is 9.00. The van der Waals surface area contributed by atoms with Crippen molar-refractivity contribution in [3.05, 3.63) is 24.3 Å². The zero-order valence-electron chi connectivity index (χ0n) is 9.00. The number of nitrogen functional groups attached to an aromatic ring is 1. The Labute approximate surface area is 92.4 Å². The number of aromatic amines is 1. The van der Waals surface area contributed by atoms with Crippen molar-refractivity contribution in [3.8, 4) is 0 Å². The average molecular weight is 215 g/mol. The first-order valence-corrected chi connectivity index (χ1v) is 5.32. The molecule has 0 radical (unpaired) electrons. The van der Waals surface area contributed by atoms with Crippen LogP contribution in [-0.2, 0) is 0 Å². The molecule has 0 fully saturated rings. The van der Waals surface area contributed by atoms with Gasteiger partial charge in [-0.2, -0.15) is 0 Å². The van der Waals surface area contributed by atoms with Gasteiger partial charge in [-0.3, -0.25) is 0 Å². The van der Waals surface area contributed by atoms with E-state index in [1.807, 2.05) is 18.2 Å². The molecule has 82 valence electrons. The zero-order chi connectivity index (χ0) is 11.1. The van der Waals surface area contributed by atoms with E-state index < -0.39 is 0 Å². The van der Waals surface area contributed by atoms with Crippen LogP contribution in [0.2, 0.25) is 0 Å². The van der Waals surface area contributed by atoms with Crippen LogP contribution in [0, 0.1) is 0 Å². The number of rotatable bonds is 2. The SMILES string of the molecule is CCNc1cc2c(ccc3oc(N)cc32)[nH]1. The summed E-state index contributed by atoms with van der Waals surface area (Å²) in [5.74, 6) is 1.47. The van der Waals surface area contributed by atoms with E-state index in [9.17, 15) is 0 Å². The van der Waals surface area contributed by atoms with E-state index in [-0.39, 0.29) is 0 Å². The second-order valence-electron chi connectivity index (χ2n) is 3.80. The van der Waals surface area contributed by atoms with Crippen LogP contribution in [0.3, 0.4) is 0 Å². The molecular weight excluding hydrogens is 202 g/mol. The lowest BCUT2D eigenvalue weighted by molar-refractivity contribution is 0.637. The molecule has 0 unspecified atom stereocenters. The van der Waals surface area contributed by atoms with Gasteiger partial charge >= 0.3 is 0 Å². The Bertz CT molecular complexity index is 651. The Balaban J connectivity index is 2.31. The van der Waals surface area contributed by atoms with Crippen molar-refractivity contribution in [2.75, 3.05) is 17.6 Å². The molecular formula is C12H13N3O. The summed E-state index contributed by atoms with van der Waals surface area (Å²) < 4.78 is 5.39. The predicted octanol–water partition coefficient (Wildman–Crippen LogP) is 2.93. The lowest BCUT2D eigenvalue weighted by Crippen LogP contribution is -1.95. The molecule has 3 aromatic rings. The van der Waals surface area contributed by atoms with Crippen LogP contribution in [0.5, 0.6) is 0 Å². The third-order valence-electron chi connectivity index (χ3n) is 2.69. The molecule has 4 nitrogen and oxygen atoms in total. The van der Waals surface area contributed by atoms with Crippen LogP contribution >= 0.6 is 0 Å². The number of hydrogen-bond acceptors (Lipinski definition) is 3. The molecule has 0 amide bonds. The molecule has 0 aliphatic rings. The Hall–Kier alpha value is -2.10. The van der Waals surface area contributed by atoms with Gasteiger partial charge in [0.15, 0.2) is 5.88 Å². The number of benzene rings is 1. The van der Waals surface area contributed by atoms with Gasteiger partial charge in [-0.15, -0.1) is 0 Å². The first-order valence-electron chi connectivity index (χ1n) is 5.32. The average Bonchev–Trinajstić information content (AvgIpc) is 2.79. The van der Waals surface area contributed by atoms with Crippen molar-refractivity contribution >= 4 is 33.6 Å². The molecule has 3 rings (SSSR count). The molecule has 1 aromatic carbocycles. The number of nitrogens with two attached hydrogens (primary N) is 1. The molecule has 0 saturated carbocycles. The molecule has 0 saturated heterocycles. The summed E-state index contributed by atoms with van der Waals surface area (Å²) in [5, 5.41) is 5.44. The number of furan rings is 1. The first kappa shape index (κ1) is 9.15. The maximum Gasteiger partial charge on any atom is 0.191 e. The minimum absolute atomic E-state index is 0.453. The fourth-order valence-electron chi connectivity index (χ4n) is 2.03. The van der Waals surface area contributed by atoms with Crippen molar-refractivity contribution < 1.29 is 4.42 Å². The normalized spacial score (nSPS) is 11.3. The summed E-state index contributed by atoms with van der Waals surface area (Å²) in [5.41, 5.74) is 7.57. The van der Waals surface area contributed by atoms with Crippen LogP contribution in [-0.4, -0.2) is 11.5 Å².